The average molecular weight is 284 g/mol. The number of carbonyl (C=O) groups is 2. The molecule has 0 saturated heterocycles. The van der Waals surface area contributed by atoms with Gasteiger partial charge in [0.25, 0.3) is 0 Å². The van der Waals surface area contributed by atoms with Gasteiger partial charge in [-0.15, -0.1) is 0 Å². The Balaban J connectivity index is 1.98. The van der Waals surface area contributed by atoms with E-state index >= 15 is 0 Å². The minimum atomic E-state index is -0.0475. The summed E-state index contributed by atoms with van der Waals surface area (Å²) in [4.78, 5) is 22.9. The minimum absolute atomic E-state index is 0.0475. The molecular formula is C17H20N2O2. The summed E-state index contributed by atoms with van der Waals surface area (Å²) in [6.07, 6.45) is 2.94. The van der Waals surface area contributed by atoms with Gasteiger partial charge in [-0.25, -0.2) is 0 Å². The molecule has 2 aromatic rings. The third-order valence-electron chi connectivity index (χ3n) is 3.42. The molecule has 0 saturated carbocycles. The monoisotopic (exact) mass is 284 g/mol. The maximum atomic E-state index is 12.1. The van der Waals surface area contributed by atoms with Crippen LogP contribution in [0.25, 0.3) is 0 Å². The molecule has 0 aliphatic heterocycles. The fourth-order valence-electron chi connectivity index (χ4n) is 2.29. The van der Waals surface area contributed by atoms with Crippen molar-refractivity contribution < 1.29 is 9.59 Å². The zero-order valence-electron chi connectivity index (χ0n) is 12.4. The number of para-hydroxylation sites is 1. The van der Waals surface area contributed by atoms with E-state index in [1.165, 1.54) is 0 Å². The van der Waals surface area contributed by atoms with Crippen molar-refractivity contribution in [3.05, 3.63) is 53.9 Å². The summed E-state index contributed by atoms with van der Waals surface area (Å²) in [7, 11) is 0. The molecule has 1 N–H and O–H groups in total. The second kappa shape index (κ2) is 6.88. The highest BCUT2D eigenvalue weighted by atomic mass is 16.1. The number of aldehydes is 1. The van der Waals surface area contributed by atoms with E-state index in [-0.39, 0.29) is 5.91 Å². The van der Waals surface area contributed by atoms with Crippen LogP contribution in [0.1, 0.15) is 42.2 Å². The highest BCUT2D eigenvalue weighted by Crippen LogP contribution is 2.23. The molecule has 110 valence electrons. The molecule has 1 aromatic heterocycles. The number of amides is 1. The lowest BCUT2D eigenvalue weighted by atomic mass is 10.0. The van der Waals surface area contributed by atoms with Gasteiger partial charge in [-0.2, -0.15) is 0 Å². The average Bonchev–Trinajstić information content (AvgIpc) is 2.93. The zero-order valence-corrected chi connectivity index (χ0v) is 12.4. The summed E-state index contributed by atoms with van der Waals surface area (Å²) >= 11 is 0. The fraction of sp³-hybridized carbons (Fsp3) is 0.294. The summed E-state index contributed by atoms with van der Waals surface area (Å²) in [6, 6.07) is 11.4. The predicted molar refractivity (Wildman–Crippen MR) is 83.6 cm³/mol. The maximum absolute atomic E-state index is 12.1. The number of hydrogen-bond acceptors (Lipinski definition) is 2. The van der Waals surface area contributed by atoms with Crippen LogP contribution in [0, 0.1) is 0 Å². The van der Waals surface area contributed by atoms with Gasteiger partial charge in [0.15, 0.2) is 6.29 Å². The van der Waals surface area contributed by atoms with Crippen molar-refractivity contribution in [1.29, 1.82) is 0 Å². The molecule has 0 aliphatic rings. The van der Waals surface area contributed by atoms with Crippen molar-refractivity contribution in [1.82, 2.24) is 4.57 Å². The molecule has 4 heteroatoms. The first-order valence-corrected chi connectivity index (χ1v) is 7.11. The summed E-state index contributed by atoms with van der Waals surface area (Å²) in [5, 5.41) is 2.95. The molecule has 0 unspecified atom stereocenters. The van der Waals surface area contributed by atoms with Crippen LogP contribution in [0.15, 0.2) is 42.6 Å². The van der Waals surface area contributed by atoms with Crippen molar-refractivity contribution in [2.75, 3.05) is 5.32 Å². The van der Waals surface area contributed by atoms with Gasteiger partial charge in [-0.05, 0) is 29.7 Å². The van der Waals surface area contributed by atoms with Gasteiger partial charge >= 0.3 is 0 Å². The number of anilines is 1. The van der Waals surface area contributed by atoms with Gasteiger partial charge in [0.2, 0.25) is 5.91 Å². The highest BCUT2D eigenvalue weighted by Gasteiger charge is 2.09. The Morgan fingerprint density at radius 3 is 2.71 bits per heavy atom. The number of rotatable bonds is 6. The third kappa shape index (κ3) is 3.81. The smallest absolute Gasteiger partial charge is 0.226 e. The molecular weight excluding hydrogens is 264 g/mol. The molecule has 4 nitrogen and oxygen atoms in total. The standard InChI is InChI=1S/C17H20N2O2/c1-13(2)15-7-3-4-8-16(15)18-17(21)9-11-19-10-5-6-14(19)12-20/h3-8,10,12-13H,9,11H2,1-2H3,(H,18,21). The highest BCUT2D eigenvalue weighted by molar-refractivity contribution is 5.91. The van der Waals surface area contributed by atoms with Crippen LogP contribution in [-0.4, -0.2) is 16.8 Å². The molecule has 1 amide bonds. The topological polar surface area (TPSA) is 51.1 Å². The number of benzene rings is 1. The lowest BCUT2D eigenvalue weighted by Gasteiger charge is -2.14. The number of nitrogens with one attached hydrogen (secondary N) is 1. The summed E-state index contributed by atoms with van der Waals surface area (Å²) in [6.45, 7) is 4.69. The van der Waals surface area contributed by atoms with Crippen LogP contribution < -0.4 is 5.32 Å². The number of hydrogen-bond donors (Lipinski definition) is 1. The number of aromatic nitrogens is 1. The molecule has 21 heavy (non-hydrogen) atoms. The third-order valence-corrected chi connectivity index (χ3v) is 3.42. The van der Waals surface area contributed by atoms with E-state index < -0.39 is 0 Å². The molecule has 2 rings (SSSR count). The quantitative estimate of drug-likeness (QED) is 0.826. The van der Waals surface area contributed by atoms with Gasteiger partial charge in [0.1, 0.15) is 0 Å². The molecule has 0 bridgehead atoms. The normalized spacial score (nSPS) is 10.6. The lowest BCUT2D eigenvalue weighted by Crippen LogP contribution is -2.16. The molecule has 0 aliphatic carbocycles. The Kier molecular flexibility index (Phi) is 4.93. The van der Waals surface area contributed by atoms with Crippen LogP contribution in [-0.2, 0) is 11.3 Å². The van der Waals surface area contributed by atoms with E-state index in [9.17, 15) is 9.59 Å². The first-order chi connectivity index (χ1) is 10.1. The van der Waals surface area contributed by atoms with Crippen LogP contribution in [0.5, 0.6) is 0 Å². The first kappa shape index (κ1) is 15.0. The summed E-state index contributed by atoms with van der Waals surface area (Å²) < 4.78 is 1.78. The SMILES string of the molecule is CC(C)c1ccccc1NC(=O)CCn1cccc1C=O. The van der Waals surface area contributed by atoms with E-state index in [0.717, 1.165) is 17.5 Å². The predicted octanol–water partition coefficient (Wildman–Crippen LogP) is 3.45. The van der Waals surface area contributed by atoms with Gasteiger partial charge in [-0.1, -0.05) is 32.0 Å². The first-order valence-electron chi connectivity index (χ1n) is 7.11. The molecule has 1 heterocycles. The molecule has 1 aromatic carbocycles. The Morgan fingerprint density at radius 2 is 2.00 bits per heavy atom. The number of carbonyl (C=O) groups excluding carboxylic acids is 2. The van der Waals surface area contributed by atoms with E-state index in [1.54, 1.807) is 22.9 Å². The van der Waals surface area contributed by atoms with E-state index in [4.69, 9.17) is 0 Å². The maximum Gasteiger partial charge on any atom is 0.226 e. The minimum Gasteiger partial charge on any atom is -0.345 e. The van der Waals surface area contributed by atoms with Crippen molar-refractivity contribution in [3.63, 3.8) is 0 Å². The van der Waals surface area contributed by atoms with Crippen molar-refractivity contribution >= 4 is 17.9 Å². The Morgan fingerprint density at radius 1 is 1.24 bits per heavy atom. The van der Waals surface area contributed by atoms with E-state index in [0.29, 0.717) is 24.6 Å². The Bertz CT molecular complexity index is 629. The number of aryl methyl sites for hydroxylation is 1. The van der Waals surface area contributed by atoms with E-state index in [1.807, 2.05) is 24.3 Å². The Labute approximate surface area is 124 Å². The molecule has 0 spiro atoms. The molecule has 0 radical (unpaired) electrons. The second-order valence-corrected chi connectivity index (χ2v) is 5.28. The zero-order chi connectivity index (χ0) is 15.2. The summed E-state index contributed by atoms with van der Waals surface area (Å²) in [5.74, 6) is 0.307. The van der Waals surface area contributed by atoms with Crippen molar-refractivity contribution in [2.24, 2.45) is 0 Å². The molecule has 0 fully saturated rings. The fourth-order valence-corrected chi connectivity index (χ4v) is 2.29. The largest absolute Gasteiger partial charge is 0.345 e. The van der Waals surface area contributed by atoms with Gasteiger partial charge in [-0.3, -0.25) is 9.59 Å². The van der Waals surface area contributed by atoms with E-state index in [2.05, 4.69) is 19.2 Å². The Hall–Kier alpha value is -2.36. The van der Waals surface area contributed by atoms with Crippen LogP contribution in [0.4, 0.5) is 5.69 Å². The number of nitrogens with zero attached hydrogens (tertiary/aromatic N) is 1. The van der Waals surface area contributed by atoms with Crippen LogP contribution in [0.2, 0.25) is 0 Å². The molecule has 0 atom stereocenters. The van der Waals surface area contributed by atoms with Crippen LogP contribution >= 0.6 is 0 Å². The summed E-state index contributed by atoms with van der Waals surface area (Å²) in [5.41, 5.74) is 2.58. The van der Waals surface area contributed by atoms with Crippen molar-refractivity contribution in [2.45, 2.75) is 32.7 Å². The van der Waals surface area contributed by atoms with Crippen LogP contribution in [0.3, 0.4) is 0 Å². The van der Waals surface area contributed by atoms with Crippen molar-refractivity contribution in [3.8, 4) is 0 Å². The van der Waals surface area contributed by atoms with Gasteiger partial charge in [0.05, 0.1) is 5.69 Å². The second-order valence-electron chi connectivity index (χ2n) is 5.28. The van der Waals surface area contributed by atoms with Gasteiger partial charge < -0.3 is 9.88 Å². The van der Waals surface area contributed by atoms with Gasteiger partial charge in [0, 0.05) is 24.8 Å². The lowest BCUT2D eigenvalue weighted by molar-refractivity contribution is -0.116.